The van der Waals surface area contributed by atoms with E-state index in [2.05, 4.69) is 5.32 Å². The quantitative estimate of drug-likeness (QED) is 0.770. The van der Waals surface area contributed by atoms with Gasteiger partial charge in [0.1, 0.15) is 0 Å². The molecular formula is C14H23N3O4. The predicted octanol–water partition coefficient (Wildman–Crippen LogP) is 0.359. The molecule has 0 aromatic carbocycles. The van der Waals surface area contributed by atoms with Gasteiger partial charge in [0.15, 0.2) is 0 Å². The number of hydrogen-bond acceptors (Lipinski definition) is 3. The first-order valence-corrected chi connectivity index (χ1v) is 7.30. The van der Waals surface area contributed by atoms with Crippen LogP contribution in [0.25, 0.3) is 0 Å². The number of nitrogens with one attached hydrogen (secondary N) is 1. The lowest BCUT2D eigenvalue weighted by Gasteiger charge is -2.29. The molecule has 3 amide bonds. The summed E-state index contributed by atoms with van der Waals surface area (Å²) in [6, 6.07) is -0.458. The number of rotatable bonds is 2. The van der Waals surface area contributed by atoms with E-state index in [-0.39, 0.29) is 18.0 Å². The molecule has 0 aromatic heterocycles. The summed E-state index contributed by atoms with van der Waals surface area (Å²) in [7, 11) is 1.60. The summed E-state index contributed by atoms with van der Waals surface area (Å²) in [4.78, 5) is 38.9. The van der Waals surface area contributed by atoms with Crippen molar-refractivity contribution in [2.24, 2.45) is 11.3 Å². The smallest absolute Gasteiger partial charge is 0.320 e. The molecule has 0 spiro atoms. The fourth-order valence-electron chi connectivity index (χ4n) is 3.33. The Morgan fingerprint density at radius 2 is 1.95 bits per heavy atom. The van der Waals surface area contributed by atoms with Crippen LogP contribution in [0.4, 0.5) is 4.79 Å². The molecule has 118 valence electrons. The molecule has 0 bridgehead atoms. The molecule has 2 aliphatic rings. The highest BCUT2D eigenvalue weighted by atomic mass is 16.4. The molecule has 7 heteroatoms. The topological polar surface area (TPSA) is 90.0 Å². The Kier molecular flexibility index (Phi) is 4.11. The van der Waals surface area contributed by atoms with Crippen molar-refractivity contribution in [3.63, 3.8) is 0 Å². The van der Waals surface area contributed by atoms with Crippen LogP contribution < -0.4 is 5.32 Å². The summed E-state index contributed by atoms with van der Waals surface area (Å²) in [5.41, 5.74) is -0.556. The zero-order valence-electron chi connectivity index (χ0n) is 12.8. The van der Waals surface area contributed by atoms with E-state index < -0.39 is 17.3 Å². The van der Waals surface area contributed by atoms with Gasteiger partial charge in [-0.15, -0.1) is 0 Å². The van der Waals surface area contributed by atoms with Crippen LogP contribution in [0.5, 0.6) is 0 Å². The van der Waals surface area contributed by atoms with Gasteiger partial charge in [0.2, 0.25) is 5.91 Å². The van der Waals surface area contributed by atoms with Crippen LogP contribution >= 0.6 is 0 Å². The molecule has 2 N–H and O–H groups in total. The van der Waals surface area contributed by atoms with Crippen molar-refractivity contribution in [1.82, 2.24) is 15.1 Å². The lowest BCUT2D eigenvalue weighted by atomic mass is 9.89. The Bertz CT molecular complexity index is 467. The van der Waals surface area contributed by atoms with Crippen molar-refractivity contribution in [2.45, 2.75) is 32.7 Å². The summed E-state index contributed by atoms with van der Waals surface area (Å²) in [5, 5.41) is 11.8. The molecule has 2 aliphatic heterocycles. The van der Waals surface area contributed by atoms with Gasteiger partial charge in [-0.3, -0.25) is 9.59 Å². The van der Waals surface area contributed by atoms with Crippen LogP contribution in [0.3, 0.4) is 0 Å². The maximum absolute atomic E-state index is 12.6. The van der Waals surface area contributed by atoms with Gasteiger partial charge in [-0.05, 0) is 26.7 Å². The Morgan fingerprint density at radius 1 is 1.29 bits per heavy atom. The van der Waals surface area contributed by atoms with E-state index in [4.69, 9.17) is 5.11 Å². The van der Waals surface area contributed by atoms with Gasteiger partial charge in [0.05, 0.1) is 11.3 Å². The molecule has 0 aliphatic carbocycles. The van der Waals surface area contributed by atoms with Crippen LogP contribution in [0.1, 0.15) is 26.7 Å². The molecule has 3 atom stereocenters. The van der Waals surface area contributed by atoms with E-state index in [9.17, 15) is 14.4 Å². The van der Waals surface area contributed by atoms with Crippen molar-refractivity contribution in [1.29, 1.82) is 0 Å². The number of carboxylic acids is 1. The van der Waals surface area contributed by atoms with Crippen molar-refractivity contribution >= 4 is 17.9 Å². The van der Waals surface area contributed by atoms with Crippen molar-refractivity contribution in [2.75, 3.05) is 26.7 Å². The fourth-order valence-corrected chi connectivity index (χ4v) is 3.33. The van der Waals surface area contributed by atoms with Crippen molar-refractivity contribution in [3.8, 4) is 0 Å². The number of urea groups is 1. The second-order valence-corrected chi connectivity index (χ2v) is 6.26. The number of carbonyl (C=O) groups excluding carboxylic acids is 2. The average Bonchev–Trinajstić information content (AvgIpc) is 3.01. The van der Waals surface area contributed by atoms with E-state index in [1.165, 1.54) is 0 Å². The highest BCUT2D eigenvalue weighted by Gasteiger charge is 2.45. The Hall–Kier alpha value is -1.79. The van der Waals surface area contributed by atoms with Gasteiger partial charge in [0.25, 0.3) is 0 Å². The van der Waals surface area contributed by atoms with Crippen molar-refractivity contribution < 1.29 is 19.5 Å². The fraction of sp³-hybridized carbons (Fsp3) is 0.786. The summed E-state index contributed by atoms with van der Waals surface area (Å²) >= 11 is 0. The molecule has 2 fully saturated rings. The number of carbonyl (C=O) groups is 3. The summed E-state index contributed by atoms with van der Waals surface area (Å²) in [5.74, 6) is -1.41. The van der Waals surface area contributed by atoms with Crippen LogP contribution in [-0.2, 0) is 9.59 Å². The van der Waals surface area contributed by atoms with Gasteiger partial charge in [-0.1, -0.05) is 0 Å². The largest absolute Gasteiger partial charge is 0.481 e. The maximum atomic E-state index is 12.6. The molecule has 3 unspecified atom stereocenters. The molecule has 2 heterocycles. The lowest BCUT2D eigenvalue weighted by Crippen LogP contribution is -2.47. The zero-order chi connectivity index (χ0) is 15.8. The first-order chi connectivity index (χ1) is 9.80. The number of likely N-dealkylation sites (tertiary alicyclic amines) is 2. The van der Waals surface area contributed by atoms with E-state index in [1.54, 1.807) is 23.8 Å². The second kappa shape index (κ2) is 5.54. The monoisotopic (exact) mass is 297 g/mol. The molecule has 2 rings (SSSR count). The molecular weight excluding hydrogens is 274 g/mol. The number of aliphatic carboxylic acids is 1. The van der Waals surface area contributed by atoms with Crippen LogP contribution in [0, 0.1) is 11.3 Å². The lowest BCUT2D eigenvalue weighted by molar-refractivity contribution is -0.142. The van der Waals surface area contributed by atoms with Gasteiger partial charge in [0, 0.05) is 32.7 Å². The minimum atomic E-state index is -0.852. The Balaban J connectivity index is 2.03. The van der Waals surface area contributed by atoms with Gasteiger partial charge >= 0.3 is 12.0 Å². The minimum Gasteiger partial charge on any atom is -0.481 e. The first-order valence-electron chi connectivity index (χ1n) is 7.30. The number of amides is 3. The third kappa shape index (κ3) is 2.69. The highest BCUT2D eigenvalue weighted by Crippen LogP contribution is 2.32. The highest BCUT2D eigenvalue weighted by molar-refractivity contribution is 5.85. The number of nitrogens with zero attached hydrogens (tertiary/aromatic N) is 2. The number of carboxylic acid groups (broad SMARTS) is 1. The Labute approximate surface area is 124 Å². The average molecular weight is 297 g/mol. The normalized spacial score (nSPS) is 32.3. The van der Waals surface area contributed by atoms with E-state index in [0.717, 1.165) is 0 Å². The molecule has 21 heavy (non-hydrogen) atoms. The van der Waals surface area contributed by atoms with E-state index in [0.29, 0.717) is 32.5 Å². The van der Waals surface area contributed by atoms with Gasteiger partial charge in [-0.25, -0.2) is 4.79 Å². The molecule has 0 aromatic rings. The third-order valence-corrected chi connectivity index (χ3v) is 4.84. The predicted molar refractivity (Wildman–Crippen MR) is 75.7 cm³/mol. The Morgan fingerprint density at radius 3 is 2.48 bits per heavy atom. The summed E-state index contributed by atoms with van der Waals surface area (Å²) < 4.78 is 0. The third-order valence-electron chi connectivity index (χ3n) is 4.84. The molecule has 7 nitrogen and oxygen atoms in total. The molecule has 0 radical (unpaired) electrons. The first kappa shape index (κ1) is 15.6. The number of hydrogen-bond donors (Lipinski definition) is 2. The van der Waals surface area contributed by atoms with Crippen LogP contribution in [0.2, 0.25) is 0 Å². The van der Waals surface area contributed by atoms with Crippen LogP contribution in [-0.4, -0.2) is 65.5 Å². The minimum absolute atomic E-state index is 0.0596. The summed E-state index contributed by atoms with van der Waals surface area (Å²) in [6.45, 7) is 5.00. The second-order valence-electron chi connectivity index (χ2n) is 6.26. The van der Waals surface area contributed by atoms with E-state index >= 15 is 0 Å². The molecule has 0 saturated carbocycles. The van der Waals surface area contributed by atoms with E-state index in [1.807, 2.05) is 6.92 Å². The molecule has 2 saturated heterocycles. The zero-order valence-corrected chi connectivity index (χ0v) is 12.8. The van der Waals surface area contributed by atoms with Crippen LogP contribution in [0.15, 0.2) is 0 Å². The van der Waals surface area contributed by atoms with Gasteiger partial charge < -0.3 is 20.2 Å². The SMILES string of the molecule is CNC(=O)C1(C)CCN(C(=O)N2CCC(C(=O)O)C2C)C1. The maximum Gasteiger partial charge on any atom is 0.320 e. The van der Waals surface area contributed by atoms with Crippen molar-refractivity contribution in [3.05, 3.63) is 0 Å². The standard InChI is InChI=1S/C14H23N3O4/c1-9-10(11(18)19)4-6-17(9)13(21)16-7-5-14(2,8-16)12(20)15-3/h9-10H,4-8H2,1-3H3,(H,15,20)(H,18,19). The summed E-state index contributed by atoms with van der Waals surface area (Å²) in [6.07, 6.45) is 1.12. The van der Waals surface area contributed by atoms with Gasteiger partial charge in [-0.2, -0.15) is 0 Å².